The highest BCUT2D eigenvalue weighted by Crippen LogP contribution is 2.29. The fraction of sp³-hybridized carbons (Fsp3) is 0.364. The molecule has 3 rings (SSSR count). The van der Waals surface area contributed by atoms with Crippen molar-refractivity contribution in [1.29, 1.82) is 0 Å². The predicted octanol–water partition coefficient (Wildman–Crippen LogP) is 5.01. The largest absolute Gasteiger partial charge is 0.419 e. The molecule has 0 aliphatic heterocycles. The summed E-state index contributed by atoms with van der Waals surface area (Å²) in [5.74, 6) is 0.508. The van der Waals surface area contributed by atoms with E-state index in [4.69, 9.17) is 4.74 Å². The van der Waals surface area contributed by atoms with Gasteiger partial charge in [0.1, 0.15) is 5.75 Å². The highest BCUT2D eigenvalue weighted by Gasteiger charge is 2.24. The van der Waals surface area contributed by atoms with E-state index in [9.17, 15) is 9.59 Å². The van der Waals surface area contributed by atoms with Crippen molar-refractivity contribution in [1.82, 2.24) is 0 Å². The van der Waals surface area contributed by atoms with Crippen molar-refractivity contribution in [3.63, 3.8) is 0 Å². The minimum absolute atomic E-state index is 0.0513. The molecule has 0 saturated heterocycles. The molecule has 5 heteroatoms. The van der Waals surface area contributed by atoms with Crippen molar-refractivity contribution >= 4 is 23.4 Å². The number of anilines is 2. The maximum atomic E-state index is 12.3. The summed E-state index contributed by atoms with van der Waals surface area (Å²) in [6.07, 6.45) is 5.19. The van der Waals surface area contributed by atoms with Crippen molar-refractivity contribution in [3.8, 4) is 5.75 Å². The van der Waals surface area contributed by atoms with Gasteiger partial charge in [0.25, 0.3) is 0 Å². The Hall–Kier alpha value is -2.82. The van der Waals surface area contributed by atoms with Gasteiger partial charge in [-0.05, 0) is 49.2 Å². The van der Waals surface area contributed by atoms with Gasteiger partial charge in [0.15, 0.2) is 0 Å². The van der Waals surface area contributed by atoms with Crippen LogP contribution in [0, 0.1) is 0 Å². The van der Waals surface area contributed by atoms with E-state index in [1.165, 1.54) is 11.3 Å². The zero-order valence-corrected chi connectivity index (χ0v) is 15.9. The molecular formula is C22H26N2O3. The molecule has 5 nitrogen and oxygen atoms in total. The Bertz CT molecular complexity index is 768. The summed E-state index contributed by atoms with van der Waals surface area (Å²) < 4.78 is 5.45. The highest BCUT2D eigenvalue weighted by atomic mass is 16.6. The van der Waals surface area contributed by atoms with Crippen LogP contribution in [0.25, 0.3) is 0 Å². The minimum Gasteiger partial charge on any atom is -0.410 e. The molecule has 0 N–H and O–H groups in total. The lowest BCUT2D eigenvalue weighted by molar-refractivity contribution is -0.117. The molecule has 2 aromatic rings. The van der Waals surface area contributed by atoms with Gasteiger partial charge in [-0.2, -0.15) is 0 Å². The number of rotatable bonds is 4. The topological polar surface area (TPSA) is 49.9 Å². The molecule has 0 atom stereocenters. The molecule has 2 amide bonds. The van der Waals surface area contributed by atoms with Gasteiger partial charge in [0.05, 0.1) is 0 Å². The van der Waals surface area contributed by atoms with E-state index in [-0.39, 0.29) is 11.9 Å². The molecule has 27 heavy (non-hydrogen) atoms. The average molecular weight is 366 g/mol. The van der Waals surface area contributed by atoms with Crippen LogP contribution in [0.3, 0.4) is 0 Å². The number of carbonyl (C=O) groups excluding carboxylic acids is 2. The lowest BCUT2D eigenvalue weighted by atomic mass is 9.93. The molecule has 1 fully saturated rings. The van der Waals surface area contributed by atoms with E-state index in [2.05, 4.69) is 0 Å². The molecule has 0 unspecified atom stereocenters. The monoisotopic (exact) mass is 366 g/mol. The Kier molecular flexibility index (Phi) is 6.12. The van der Waals surface area contributed by atoms with Crippen molar-refractivity contribution < 1.29 is 14.3 Å². The summed E-state index contributed by atoms with van der Waals surface area (Å²) in [7, 11) is 1.67. The van der Waals surface area contributed by atoms with Gasteiger partial charge < -0.3 is 9.64 Å². The first kappa shape index (κ1) is 19.0. The number of benzene rings is 2. The summed E-state index contributed by atoms with van der Waals surface area (Å²) in [6.45, 7) is 1.61. The fourth-order valence-corrected chi connectivity index (χ4v) is 3.59. The molecule has 1 saturated carbocycles. The van der Waals surface area contributed by atoms with Gasteiger partial charge in [0, 0.05) is 31.4 Å². The maximum absolute atomic E-state index is 12.3. The van der Waals surface area contributed by atoms with Crippen LogP contribution in [0.5, 0.6) is 5.75 Å². The van der Waals surface area contributed by atoms with Crippen molar-refractivity contribution in [3.05, 3.63) is 54.6 Å². The second-order valence-electron chi connectivity index (χ2n) is 6.94. The first-order valence-electron chi connectivity index (χ1n) is 9.46. The summed E-state index contributed by atoms with van der Waals surface area (Å²) in [6, 6.07) is 16.8. The SMILES string of the molecule is CC(=O)N(c1ccc(OC(=O)N(C)c2ccccc2)cc1)C1CCCCC1. The summed E-state index contributed by atoms with van der Waals surface area (Å²) in [5, 5.41) is 0. The second-order valence-corrected chi connectivity index (χ2v) is 6.94. The van der Waals surface area contributed by atoms with Crippen LogP contribution < -0.4 is 14.5 Å². The van der Waals surface area contributed by atoms with Crippen LogP contribution >= 0.6 is 0 Å². The number of hydrogen-bond donors (Lipinski definition) is 0. The molecular weight excluding hydrogens is 340 g/mol. The zero-order valence-electron chi connectivity index (χ0n) is 15.9. The number of carbonyl (C=O) groups is 2. The smallest absolute Gasteiger partial charge is 0.410 e. The first-order chi connectivity index (χ1) is 13.1. The Morgan fingerprint density at radius 1 is 0.889 bits per heavy atom. The minimum atomic E-state index is -0.454. The molecule has 1 aliphatic carbocycles. The second kappa shape index (κ2) is 8.71. The zero-order chi connectivity index (χ0) is 19.2. The van der Waals surface area contributed by atoms with Gasteiger partial charge in [-0.15, -0.1) is 0 Å². The van der Waals surface area contributed by atoms with Crippen LogP contribution in [0.4, 0.5) is 16.2 Å². The quantitative estimate of drug-likeness (QED) is 0.764. The maximum Gasteiger partial charge on any atom is 0.419 e. The van der Waals surface area contributed by atoms with Crippen LogP contribution in [0.15, 0.2) is 54.6 Å². The summed E-state index contributed by atoms with van der Waals surface area (Å²) >= 11 is 0. The Balaban J connectivity index is 1.68. The number of nitrogens with zero attached hydrogens (tertiary/aromatic N) is 2. The molecule has 0 bridgehead atoms. The van der Waals surface area contributed by atoms with E-state index in [1.54, 1.807) is 26.1 Å². The molecule has 142 valence electrons. The Morgan fingerprint density at radius 3 is 2.11 bits per heavy atom. The number of ether oxygens (including phenoxy) is 1. The van der Waals surface area contributed by atoms with Crippen molar-refractivity contribution in [2.75, 3.05) is 16.8 Å². The first-order valence-corrected chi connectivity index (χ1v) is 9.46. The third-order valence-electron chi connectivity index (χ3n) is 5.02. The molecule has 0 aromatic heterocycles. The van der Waals surface area contributed by atoms with Crippen LogP contribution in [-0.4, -0.2) is 25.1 Å². The predicted molar refractivity (Wildman–Crippen MR) is 107 cm³/mol. The summed E-state index contributed by atoms with van der Waals surface area (Å²) in [4.78, 5) is 27.8. The van der Waals surface area contributed by atoms with Gasteiger partial charge in [0.2, 0.25) is 5.91 Å². The number of amides is 2. The molecule has 0 radical (unpaired) electrons. The van der Waals surface area contributed by atoms with Crippen LogP contribution in [-0.2, 0) is 4.79 Å². The lowest BCUT2D eigenvalue weighted by Crippen LogP contribution is -2.40. The van der Waals surface area contributed by atoms with E-state index in [0.29, 0.717) is 5.75 Å². The normalized spacial score (nSPS) is 14.4. The van der Waals surface area contributed by atoms with Gasteiger partial charge >= 0.3 is 6.09 Å². The summed E-state index contributed by atoms with van der Waals surface area (Å²) in [5.41, 5.74) is 1.62. The molecule has 2 aromatic carbocycles. The molecule has 0 spiro atoms. The van der Waals surface area contributed by atoms with Crippen molar-refractivity contribution in [2.45, 2.75) is 45.1 Å². The van der Waals surface area contributed by atoms with Gasteiger partial charge in [-0.1, -0.05) is 37.5 Å². The van der Waals surface area contributed by atoms with E-state index < -0.39 is 6.09 Å². The third kappa shape index (κ3) is 4.67. The molecule has 0 heterocycles. The standard InChI is InChI=1S/C22H26N2O3/c1-17(25)24(19-11-7-4-8-12-19)20-13-15-21(16-14-20)27-22(26)23(2)18-9-5-3-6-10-18/h3,5-6,9-10,13-16,19H,4,7-8,11-12H2,1-2H3. The third-order valence-corrected chi connectivity index (χ3v) is 5.02. The fourth-order valence-electron chi connectivity index (χ4n) is 3.59. The highest BCUT2D eigenvalue weighted by molar-refractivity contribution is 5.92. The van der Waals surface area contributed by atoms with E-state index >= 15 is 0 Å². The molecule has 1 aliphatic rings. The van der Waals surface area contributed by atoms with Gasteiger partial charge in [-0.25, -0.2) is 4.79 Å². The van der Waals surface area contributed by atoms with Crippen LogP contribution in [0.1, 0.15) is 39.0 Å². The van der Waals surface area contributed by atoms with Gasteiger partial charge in [-0.3, -0.25) is 9.69 Å². The van der Waals surface area contributed by atoms with E-state index in [0.717, 1.165) is 37.1 Å². The number of hydrogen-bond acceptors (Lipinski definition) is 3. The van der Waals surface area contributed by atoms with Crippen LogP contribution in [0.2, 0.25) is 0 Å². The number of para-hydroxylation sites is 1. The average Bonchev–Trinajstić information content (AvgIpc) is 2.70. The Labute approximate surface area is 160 Å². The van der Waals surface area contributed by atoms with E-state index in [1.807, 2.05) is 47.4 Å². The Morgan fingerprint density at radius 2 is 1.52 bits per heavy atom. The van der Waals surface area contributed by atoms with Crippen molar-refractivity contribution in [2.24, 2.45) is 0 Å². The lowest BCUT2D eigenvalue weighted by Gasteiger charge is -2.33.